The molecular formula is C10H7BrFNOS. The summed E-state index contributed by atoms with van der Waals surface area (Å²) in [6.07, 6.45) is 0. The lowest BCUT2D eigenvalue weighted by atomic mass is 10.2. The van der Waals surface area contributed by atoms with Crippen LogP contribution in [0, 0.1) is 5.82 Å². The highest BCUT2D eigenvalue weighted by Crippen LogP contribution is 2.31. The van der Waals surface area contributed by atoms with E-state index in [4.69, 9.17) is 5.11 Å². The van der Waals surface area contributed by atoms with E-state index in [2.05, 4.69) is 20.9 Å². The summed E-state index contributed by atoms with van der Waals surface area (Å²) in [6.45, 7) is -0.0938. The summed E-state index contributed by atoms with van der Waals surface area (Å²) in [6, 6.07) is 4.45. The average molecular weight is 288 g/mol. The van der Waals surface area contributed by atoms with Gasteiger partial charge in [0.05, 0.1) is 12.3 Å². The first-order chi connectivity index (χ1) is 7.20. The van der Waals surface area contributed by atoms with Gasteiger partial charge in [-0.25, -0.2) is 9.37 Å². The Hall–Kier alpha value is -0.780. The van der Waals surface area contributed by atoms with Gasteiger partial charge in [-0.05, 0) is 18.2 Å². The Labute approximate surface area is 98.5 Å². The minimum Gasteiger partial charge on any atom is -0.390 e. The van der Waals surface area contributed by atoms with Crippen molar-refractivity contribution < 1.29 is 9.50 Å². The van der Waals surface area contributed by atoms with Crippen LogP contribution in [-0.4, -0.2) is 10.1 Å². The molecule has 0 aliphatic heterocycles. The lowest BCUT2D eigenvalue weighted by Crippen LogP contribution is -1.84. The molecule has 15 heavy (non-hydrogen) atoms. The van der Waals surface area contributed by atoms with E-state index < -0.39 is 0 Å². The summed E-state index contributed by atoms with van der Waals surface area (Å²) in [5.41, 5.74) is 1.31. The first-order valence-corrected chi connectivity index (χ1v) is 5.88. The van der Waals surface area contributed by atoms with E-state index in [0.29, 0.717) is 16.3 Å². The third kappa shape index (κ3) is 2.25. The van der Waals surface area contributed by atoms with Gasteiger partial charge in [0.1, 0.15) is 10.8 Å². The highest BCUT2D eigenvalue weighted by Gasteiger charge is 2.08. The Kier molecular flexibility index (Phi) is 3.14. The van der Waals surface area contributed by atoms with Crippen LogP contribution in [0.25, 0.3) is 10.6 Å². The first-order valence-electron chi connectivity index (χ1n) is 4.21. The van der Waals surface area contributed by atoms with Crippen molar-refractivity contribution >= 4 is 27.3 Å². The summed E-state index contributed by atoms with van der Waals surface area (Å²) in [7, 11) is 0. The number of aliphatic hydroxyl groups excluding tert-OH is 1. The molecule has 78 valence electrons. The van der Waals surface area contributed by atoms with Gasteiger partial charge in [-0.1, -0.05) is 15.9 Å². The molecule has 0 aliphatic rings. The Morgan fingerprint density at radius 2 is 2.27 bits per heavy atom. The molecule has 0 radical (unpaired) electrons. The number of halogens is 2. The first kappa shape index (κ1) is 10.7. The maximum absolute atomic E-state index is 13.0. The topological polar surface area (TPSA) is 33.1 Å². The minimum atomic E-state index is -0.297. The zero-order valence-corrected chi connectivity index (χ0v) is 9.98. The molecular weight excluding hydrogens is 281 g/mol. The standard InChI is InChI=1S/C10H7BrFNOS/c11-9-2-1-6(12)3-8(9)10-13-7(4-14)5-15-10/h1-3,5,14H,4H2. The van der Waals surface area contributed by atoms with Gasteiger partial charge in [-0.2, -0.15) is 0 Å². The van der Waals surface area contributed by atoms with Gasteiger partial charge in [0, 0.05) is 15.4 Å². The number of hydrogen-bond donors (Lipinski definition) is 1. The van der Waals surface area contributed by atoms with Crippen LogP contribution >= 0.6 is 27.3 Å². The molecule has 2 rings (SSSR count). The second-order valence-corrected chi connectivity index (χ2v) is 4.64. The normalized spacial score (nSPS) is 10.6. The fraction of sp³-hybridized carbons (Fsp3) is 0.100. The molecule has 1 aromatic carbocycles. The molecule has 0 saturated carbocycles. The molecule has 2 nitrogen and oxygen atoms in total. The summed E-state index contributed by atoms with van der Waals surface area (Å²) >= 11 is 4.72. The van der Waals surface area contributed by atoms with E-state index >= 15 is 0 Å². The fourth-order valence-corrected chi connectivity index (χ4v) is 2.57. The predicted molar refractivity (Wildman–Crippen MR) is 61.1 cm³/mol. The van der Waals surface area contributed by atoms with Crippen LogP contribution in [0.5, 0.6) is 0 Å². The van der Waals surface area contributed by atoms with Crippen molar-refractivity contribution in [3.63, 3.8) is 0 Å². The third-order valence-electron chi connectivity index (χ3n) is 1.87. The zero-order chi connectivity index (χ0) is 10.8. The largest absolute Gasteiger partial charge is 0.390 e. The second-order valence-electron chi connectivity index (χ2n) is 2.93. The monoisotopic (exact) mass is 287 g/mol. The van der Waals surface area contributed by atoms with Gasteiger partial charge in [0.2, 0.25) is 0 Å². The molecule has 0 bridgehead atoms. The summed E-state index contributed by atoms with van der Waals surface area (Å²) in [5, 5.41) is 11.3. The van der Waals surface area contributed by atoms with Gasteiger partial charge in [-0.15, -0.1) is 11.3 Å². The quantitative estimate of drug-likeness (QED) is 0.920. The summed E-state index contributed by atoms with van der Waals surface area (Å²) in [5.74, 6) is -0.297. The van der Waals surface area contributed by atoms with Crippen LogP contribution in [-0.2, 0) is 6.61 Å². The molecule has 0 unspecified atom stereocenters. The van der Waals surface area contributed by atoms with Crippen LogP contribution in [0.15, 0.2) is 28.1 Å². The van der Waals surface area contributed by atoms with E-state index in [1.807, 2.05) is 0 Å². The molecule has 0 atom stereocenters. The fourth-order valence-electron chi connectivity index (χ4n) is 1.16. The van der Waals surface area contributed by atoms with Gasteiger partial charge in [0.15, 0.2) is 0 Å². The smallest absolute Gasteiger partial charge is 0.124 e. The number of rotatable bonds is 2. The molecule has 0 amide bonds. The number of nitrogens with zero attached hydrogens (tertiary/aromatic N) is 1. The van der Waals surface area contributed by atoms with E-state index in [1.165, 1.54) is 23.5 Å². The molecule has 1 aromatic heterocycles. The molecule has 1 N–H and O–H groups in total. The molecule has 0 spiro atoms. The van der Waals surface area contributed by atoms with Gasteiger partial charge < -0.3 is 5.11 Å². The maximum Gasteiger partial charge on any atom is 0.124 e. The number of benzene rings is 1. The lowest BCUT2D eigenvalue weighted by molar-refractivity contribution is 0.278. The predicted octanol–water partition coefficient (Wildman–Crippen LogP) is 3.20. The Morgan fingerprint density at radius 3 is 2.93 bits per heavy atom. The van der Waals surface area contributed by atoms with Gasteiger partial charge in [0.25, 0.3) is 0 Å². The van der Waals surface area contributed by atoms with Crippen molar-refractivity contribution in [1.82, 2.24) is 4.98 Å². The number of thiazole rings is 1. The molecule has 0 saturated heterocycles. The summed E-state index contributed by atoms with van der Waals surface area (Å²) < 4.78 is 13.8. The molecule has 1 heterocycles. The minimum absolute atomic E-state index is 0.0938. The van der Waals surface area contributed by atoms with Crippen LogP contribution in [0.2, 0.25) is 0 Å². The van der Waals surface area contributed by atoms with Crippen molar-refractivity contribution in [2.24, 2.45) is 0 Å². The Balaban J connectivity index is 2.48. The molecule has 2 aromatic rings. The van der Waals surface area contributed by atoms with E-state index in [1.54, 1.807) is 11.4 Å². The number of aromatic nitrogens is 1. The maximum atomic E-state index is 13.0. The molecule has 5 heteroatoms. The van der Waals surface area contributed by atoms with Crippen LogP contribution < -0.4 is 0 Å². The van der Waals surface area contributed by atoms with Crippen molar-refractivity contribution in [3.05, 3.63) is 39.6 Å². The highest BCUT2D eigenvalue weighted by molar-refractivity contribution is 9.10. The second kappa shape index (κ2) is 4.38. The Bertz CT molecular complexity index is 486. The van der Waals surface area contributed by atoms with Gasteiger partial charge >= 0.3 is 0 Å². The van der Waals surface area contributed by atoms with Crippen molar-refractivity contribution in [1.29, 1.82) is 0 Å². The van der Waals surface area contributed by atoms with E-state index in [0.717, 1.165) is 4.47 Å². The van der Waals surface area contributed by atoms with Crippen LogP contribution in [0.1, 0.15) is 5.69 Å². The van der Waals surface area contributed by atoms with Crippen molar-refractivity contribution in [2.75, 3.05) is 0 Å². The SMILES string of the molecule is OCc1csc(-c2cc(F)ccc2Br)n1. The van der Waals surface area contributed by atoms with E-state index in [9.17, 15) is 4.39 Å². The van der Waals surface area contributed by atoms with Crippen molar-refractivity contribution in [3.8, 4) is 10.6 Å². The Morgan fingerprint density at radius 1 is 1.47 bits per heavy atom. The third-order valence-corrected chi connectivity index (χ3v) is 3.49. The van der Waals surface area contributed by atoms with Crippen molar-refractivity contribution in [2.45, 2.75) is 6.61 Å². The molecule has 0 fully saturated rings. The molecule has 0 aliphatic carbocycles. The zero-order valence-electron chi connectivity index (χ0n) is 7.58. The number of hydrogen-bond acceptors (Lipinski definition) is 3. The average Bonchev–Trinajstić information content (AvgIpc) is 2.70. The summed E-state index contributed by atoms with van der Waals surface area (Å²) in [4.78, 5) is 4.17. The van der Waals surface area contributed by atoms with Crippen LogP contribution in [0.4, 0.5) is 4.39 Å². The lowest BCUT2D eigenvalue weighted by Gasteiger charge is -1.99. The number of aliphatic hydroxyl groups is 1. The van der Waals surface area contributed by atoms with Gasteiger partial charge in [-0.3, -0.25) is 0 Å². The highest BCUT2D eigenvalue weighted by atomic mass is 79.9. The van der Waals surface area contributed by atoms with Crippen LogP contribution in [0.3, 0.4) is 0 Å². The van der Waals surface area contributed by atoms with E-state index in [-0.39, 0.29) is 12.4 Å².